The lowest BCUT2D eigenvalue weighted by atomic mass is 9.99. The Hall–Kier alpha value is -4.48. The zero-order chi connectivity index (χ0) is 31.6. The molecule has 3 heterocycles. The summed E-state index contributed by atoms with van der Waals surface area (Å²) >= 11 is 0. The maximum absolute atomic E-state index is 13.6. The lowest BCUT2D eigenvalue weighted by Gasteiger charge is -2.35. The summed E-state index contributed by atoms with van der Waals surface area (Å²) in [7, 11) is -4.57. The Morgan fingerprint density at radius 2 is 1.60 bits per heavy atom. The third-order valence-corrected chi connectivity index (χ3v) is 7.48. The Balaban J connectivity index is 1.41. The number of nitrogens with one attached hydrogen (secondary N) is 1. The molecular weight excluding hydrogens is 610 g/mol. The maximum Gasteiger partial charge on any atom is 0.416 e. The summed E-state index contributed by atoms with van der Waals surface area (Å²) in [5.74, 6) is -3.29. The Morgan fingerprint density at radius 1 is 0.907 bits per heavy atom. The SMILES string of the molecule is O=C(NS(=O)(=O)CCC(F)(F)F)c1ccc(N2CCN(C(=O)c3cc(-c4cncc(O)c4)cc(C(F)(F)F)c3)CC2)nn1. The number of piperazine rings is 1. The number of benzene rings is 1. The molecule has 3 aromatic rings. The van der Waals surface area contributed by atoms with Crippen molar-refractivity contribution in [1.29, 1.82) is 0 Å². The van der Waals surface area contributed by atoms with E-state index in [1.807, 2.05) is 0 Å². The molecule has 4 rings (SSSR count). The molecule has 2 amide bonds. The number of halogens is 6. The zero-order valence-corrected chi connectivity index (χ0v) is 22.7. The number of aromatic hydroxyl groups is 1. The smallest absolute Gasteiger partial charge is 0.416 e. The Labute approximate surface area is 240 Å². The van der Waals surface area contributed by atoms with Crippen LogP contribution in [0.2, 0.25) is 0 Å². The molecule has 0 aliphatic carbocycles. The van der Waals surface area contributed by atoms with Crippen molar-refractivity contribution < 1.29 is 49.5 Å². The number of carbonyl (C=O) groups excluding carboxylic acids is 2. The van der Waals surface area contributed by atoms with Crippen LogP contribution in [0.3, 0.4) is 0 Å². The molecule has 1 fully saturated rings. The van der Waals surface area contributed by atoms with Crippen LogP contribution in [0.15, 0.2) is 48.8 Å². The van der Waals surface area contributed by atoms with Crippen LogP contribution in [-0.4, -0.2) is 83.5 Å². The van der Waals surface area contributed by atoms with E-state index in [0.717, 1.165) is 24.4 Å². The van der Waals surface area contributed by atoms with Crippen LogP contribution < -0.4 is 9.62 Å². The highest BCUT2D eigenvalue weighted by Crippen LogP contribution is 2.34. The number of sulfonamides is 1. The highest BCUT2D eigenvalue weighted by atomic mass is 32.2. The average Bonchev–Trinajstić information content (AvgIpc) is 2.95. The standard InChI is InChI=1S/C25H22F6N6O5S/c26-24(27,28)3-8-43(41,42)35-22(39)20-1-2-21(34-33-20)36-4-6-37(7-5-36)23(40)16-9-15(10-18(11-16)25(29,30)31)17-12-19(38)14-32-13-17/h1-2,9-14,38H,3-8H2,(H,35,39). The van der Waals surface area contributed by atoms with Crippen molar-refractivity contribution in [2.24, 2.45) is 0 Å². The minimum atomic E-state index is -4.75. The summed E-state index contributed by atoms with van der Waals surface area (Å²) in [6.45, 7) is 0.527. The molecule has 0 saturated carbocycles. The van der Waals surface area contributed by atoms with Gasteiger partial charge in [-0.25, -0.2) is 13.1 Å². The summed E-state index contributed by atoms with van der Waals surface area (Å²) in [5, 5.41) is 17.2. The van der Waals surface area contributed by atoms with Crippen molar-refractivity contribution in [3.05, 3.63) is 65.6 Å². The van der Waals surface area contributed by atoms with Gasteiger partial charge >= 0.3 is 12.4 Å². The first-order valence-corrected chi connectivity index (χ1v) is 14.0. The molecular formula is C25H22F6N6O5S. The van der Waals surface area contributed by atoms with Crippen LogP contribution in [0.25, 0.3) is 11.1 Å². The van der Waals surface area contributed by atoms with Gasteiger partial charge in [-0.1, -0.05) is 0 Å². The Bertz CT molecular complexity index is 1610. The number of carbonyl (C=O) groups is 2. The van der Waals surface area contributed by atoms with Gasteiger partial charge in [-0.3, -0.25) is 14.6 Å². The van der Waals surface area contributed by atoms with Crippen LogP contribution in [-0.2, 0) is 16.2 Å². The molecule has 43 heavy (non-hydrogen) atoms. The van der Waals surface area contributed by atoms with E-state index >= 15 is 0 Å². The van der Waals surface area contributed by atoms with E-state index in [1.54, 1.807) is 4.90 Å². The van der Waals surface area contributed by atoms with E-state index in [9.17, 15) is 49.5 Å². The Morgan fingerprint density at radius 3 is 2.19 bits per heavy atom. The van der Waals surface area contributed by atoms with E-state index in [2.05, 4.69) is 15.2 Å². The van der Waals surface area contributed by atoms with Crippen LogP contribution in [0.5, 0.6) is 5.75 Å². The van der Waals surface area contributed by atoms with Crippen molar-refractivity contribution in [3.63, 3.8) is 0 Å². The number of hydrogen-bond acceptors (Lipinski definition) is 9. The van der Waals surface area contributed by atoms with Gasteiger partial charge in [0.1, 0.15) is 5.75 Å². The molecule has 11 nitrogen and oxygen atoms in total. The summed E-state index contributed by atoms with van der Waals surface area (Å²) in [5.41, 5.74) is -1.52. The molecule has 0 spiro atoms. The van der Waals surface area contributed by atoms with E-state index in [-0.39, 0.29) is 54.4 Å². The maximum atomic E-state index is 13.6. The second-order valence-electron chi connectivity index (χ2n) is 9.40. The first-order valence-electron chi connectivity index (χ1n) is 12.4. The van der Waals surface area contributed by atoms with Gasteiger partial charge in [0.25, 0.3) is 11.8 Å². The van der Waals surface area contributed by atoms with Crippen LogP contribution in [0.4, 0.5) is 32.2 Å². The van der Waals surface area contributed by atoms with Crippen LogP contribution >= 0.6 is 0 Å². The van der Waals surface area contributed by atoms with Crippen molar-refractivity contribution in [2.45, 2.75) is 18.8 Å². The van der Waals surface area contributed by atoms with Crippen molar-refractivity contribution in [2.75, 3.05) is 36.8 Å². The number of rotatable bonds is 7. The molecule has 2 aromatic heterocycles. The third-order valence-electron chi connectivity index (χ3n) is 6.24. The van der Waals surface area contributed by atoms with Gasteiger partial charge in [-0.05, 0) is 42.0 Å². The van der Waals surface area contributed by atoms with E-state index < -0.39 is 57.6 Å². The molecule has 0 atom stereocenters. The fraction of sp³-hybridized carbons (Fsp3) is 0.320. The fourth-order valence-electron chi connectivity index (χ4n) is 4.10. The van der Waals surface area contributed by atoms with Gasteiger partial charge < -0.3 is 14.9 Å². The lowest BCUT2D eigenvalue weighted by molar-refractivity contribution is -0.137. The highest BCUT2D eigenvalue weighted by molar-refractivity contribution is 7.90. The molecule has 2 N–H and O–H groups in total. The number of hydrogen-bond donors (Lipinski definition) is 2. The van der Waals surface area contributed by atoms with Gasteiger partial charge in [-0.2, -0.15) is 26.3 Å². The number of amides is 2. The summed E-state index contributed by atoms with van der Waals surface area (Å²) < 4.78 is 103. The topological polar surface area (TPSA) is 146 Å². The number of nitrogens with zero attached hydrogens (tertiary/aromatic N) is 5. The van der Waals surface area contributed by atoms with Gasteiger partial charge in [0.15, 0.2) is 11.5 Å². The number of anilines is 1. The first kappa shape index (κ1) is 31.5. The van der Waals surface area contributed by atoms with E-state index in [0.29, 0.717) is 0 Å². The van der Waals surface area contributed by atoms with E-state index in [1.165, 1.54) is 34.0 Å². The molecule has 230 valence electrons. The van der Waals surface area contributed by atoms with Gasteiger partial charge in [0.2, 0.25) is 10.0 Å². The average molecular weight is 633 g/mol. The van der Waals surface area contributed by atoms with Crippen molar-refractivity contribution in [3.8, 4) is 16.9 Å². The van der Waals surface area contributed by atoms with Gasteiger partial charge in [0, 0.05) is 43.5 Å². The quantitative estimate of drug-likeness (QED) is 0.375. The predicted octanol–water partition coefficient (Wildman–Crippen LogP) is 3.24. The Kier molecular flexibility index (Phi) is 8.79. The zero-order valence-electron chi connectivity index (χ0n) is 21.9. The molecule has 0 unspecified atom stereocenters. The summed E-state index contributed by atoms with van der Waals surface area (Å²) in [6.07, 6.45) is -8.75. The second kappa shape index (κ2) is 12.0. The lowest BCUT2D eigenvalue weighted by Crippen LogP contribution is -2.49. The number of pyridine rings is 1. The van der Waals surface area contributed by atoms with Crippen molar-refractivity contribution >= 4 is 27.7 Å². The molecule has 1 saturated heterocycles. The van der Waals surface area contributed by atoms with Crippen LogP contribution in [0, 0.1) is 0 Å². The minimum Gasteiger partial charge on any atom is -0.506 e. The second-order valence-corrected chi connectivity index (χ2v) is 11.2. The normalized spacial score (nSPS) is 14.5. The number of alkyl halides is 6. The van der Waals surface area contributed by atoms with Crippen molar-refractivity contribution in [1.82, 2.24) is 24.8 Å². The minimum absolute atomic E-state index is 0.0350. The van der Waals surface area contributed by atoms with Gasteiger partial charge in [-0.15, -0.1) is 10.2 Å². The first-order chi connectivity index (χ1) is 20.0. The molecule has 0 bridgehead atoms. The third kappa shape index (κ3) is 8.30. The molecule has 1 aliphatic rings. The number of aromatic nitrogens is 3. The molecule has 1 aliphatic heterocycles. The fourth-order valence-corrected chi connectivity index (χ4v) is 5.09. The van der Waals surface area contributed by atoms with E-state index in [4.69, 9.17) is 0 Å². The highest BCUT2D eigenvalue weighted by Gasteiger charge is 2.33. The molecule has 0 radical (unpaired) electrons. The largest absolute Gasteiger partial charge is 0.506 e. The predicted molar refractivity (Wildman–Crippen MR) is 138 cm³/mol. The molecule has 1 aromatic carbocycles. The van der Waals surface area contributed by atoms with Gasteiger partial charge in [0.05, 0.1) is 23.9 Å². The summed E-state index contributed by atoms with van der Waals surface area (Å²) in [4.78, 5) is 32.1. The summed E-state index contributed by atoms with van der Waals surface area (Å²) in [6, 6.07) is 6.54. The monoisotopic (exact) mass is 632 g/mol. The van der Waals surface area contributed by atoms with Crippen LogP contribution in [0.1, 0.15) is 32.8 Å². The molecule has 18 heteroatoms.